The Labute approximate surface area is 450 Å². The standard InChI is InChI=1S/C66H127NO5/c1-3-5-7-9-11-13-15-35-39-42-46-50-54-58-64(69)63(62-68)67-65(70)59-55-51-47-43-40-36-33-31-29-27-25-23-21-19-17-16-18-20-22-24-26-28-30-32-34-37-41-45-49-53-57-61-72-66(71)60-56-52-48-44-38-14-12-10-8-6-4-2/h18,20,24,26,63-64,68-69H,3-17,19,21-23,25,27-62H2,1-2H3,(H,67,70)/b20-18-,26-24-. The highest BCUT2D eigenvalue weighted by atomic mass is 16.5. The first-order chi connectivity index (χ1) is 35.5. The summed E-state index contributed by atoms with van der Waals surface area (Å²) < 4.78 is 5.47. The van der Waals surface area contributed by atoms with Gasteiger partial charge in [-0.15, -0.1) is 0 Å². The molecular formula is C66H127NO5. The topological polar surface area (TPSA) is 95.9 Å². The van der Waals surface area contributed by atoms with E-state index < -0.39 is 12.1 Å². The van der Waals surface area contributed by atoms with Gasteiger partial charge in [0.15, 0.2) is 0 Å². The van der Waals surface area contributed by atoms with Gasteiger partial charge in [0.25, 0.3) is 0 Å². The molecule has 426 valence electrons. The molecule has 3 N–H and O–H groups in total. The molecule has 2 atom stereocenters. The molecular weight excluding hydrogens is 887 g/mol. The van der Waals surface area contributed by atoms with Gasteiger partial charge in [0.2, 0.25) is 5.91 Å². The number of aliphatic hydroxyl groups is 2. The average Bonchev–Trinajstić information content (AvgIpc) is 3.38. The first-order valence-corrected chi connectivity index (χ1v) is 32.6. The minimum Gasteiger partial charge on any atom is -0.466 e. The van der Waals surface area contributed by atoms with Crippen molar-refractivity contribution in [3.63, 3.8) is 0 Å². The van der Waals surface area contributed by atoms with Gasteiger partial charge in [0, 0.05) is 12.8 Å². The Balaban J connectivity index is 3.38. The van der Waals surface area contributed by atoms with Crippen molar-refractivity contribution in [1.82, 2.24) is 5.32 Å². The summed E-state index contributed by atoms with van der Waals surface area (Å²) in [6, 6.07) is -0.540. The summed E-state index contributed by atoms with van der Waals surface area (Å²) in [4.78, 5) is 24.5. The monoisotopic (exact) mass is 1010 g/mol. The van der Waals surface area contributed by atoms with Crippen molar-refractivity contribution in [2.24, 2.45) is 0 Å². The Morgan fingerprint density at radius 1 is 0.389 bits per heavy atom. The summed E-state index contributed by atoms with van der Waals surface area (Å²) in [6.45, 7) is 4.96. The van der Waals surface area contributed by atoms with Crippen molar-refractivity contribution in [2.45, 2.75) is 373 Å². The molecule has 0 aliphatic rings. The van der Waals surface area contributed by atoms with Gasteiger partial charge in [0.05, 0.1) is 25.4 Å². The second-order valence-corrected chi connectivity index (χ2v) is 22.5. The zero-order valence-electron chi connectivity index (χ0n) is 48.7. The maximum Gasteiger partial charge on any atom is 0.305 e. The normalized spacial score (nSPS) is 12.7. The predicted molar refractivity (Wildman–Crippen MR) is 315 cm³/mol. The first kappa shape index (κ1) is 70.3. The summed E-state index contributed by atoms with van der Waals surface area (Å²) in [5.41, 5.74) is 0. The molecule has 0 saturated carbocycles. The maximum atomic E-state index is 12.5. The van der Waals surface area contributed by atoms with Crippen LogP contribution in [0.1, 0.15) is 361 Å². The molecule has 6 heteroatoms. The van der Waals surface area contributed by atoms with Crippen molar-refractivity contribution >= 4 is 11.9 Å². The quantitative estimate of drug-likeness (QED) is 0.0320. The number of nitrogens with one attached hydrogen (secondary N) is 1. The molecule has 0 aromatic heterocycles. The van der Waals surface area contributed by atoms with Crippen molar-refractivity contribution in [3.8, 4) is 0 Å². The number of amides is 1. The summed E-state index contributed by atoms with van der Waals surface area (Å²) in [5, 5.41) is 23.3. The largest absolute Gasteiger partial charge is 0.466 e. The number of carbonyl (C=O) groups is 2. The third-order valence-corrected chi connectivity index (χ3v) is 15.3. The van der Waals surface area contributed by atoms with Crippen LogP contribution in [0.25, 0.3) is 0 Å². The smallest absolute Gasteiger partial charge is 0.305 e. The molecule has 72 heavy (non-hydrogen) atoms. The van der Waals surface area contributed by atoms with E-state index in [0.29, 0.717) is 25.9 Å². The number of hydrogen-bond donors (Lipinski definition) is 3. The Morgan fingerprint density at radius 2 is 0.694 bits per heavy atom. The highest BCUT2D eigenvalue weighted by molar-refractivity contribution is 5.76. The van der Waals surface area contributed by atoms with Crippen LogP contribution in [0.4, 0.5) is 0 Å². The summed E-state index contributed by atoms with van der Waals surface area (Å²) in [6.07, 6.45) is 76.4. The van der Waals surface area contributed by atoms with E-state index in [1.165, 1.54) is 283 Å². The molecule has 6 nitrogen and oxygen atoms in total. The SMILES string of the molecule is CCCCCCCCCCCCCCCC(O)C(CO)NC(=O)CCCCCCCCCCCCCCCCC/C=C\C/C=C\CCCCCCCCCCCOC(=O)CCCCCCCCCCCCC. The van der Waals surface area contributed by atoms with Crippen molar-refractivity contribution in [3.05, 3.63) is 24.3 Å². The van der Waals surface area contributed by atoms with Gasteiger partial charge >= 0.3 is 5.97 Å². The van der Waals surface area contributed by atoms with E-state index >= 15 is 0 Å². The van der Waals surface area contributed by atoms with E-state index in [2.05, 4.69) is 43.5 Å². The molecule has 0 saturated heterocycles. The number of esters is 1. The number of rotatable bonds is 61. The van der Waals surface area contributed by atoms with E-state index in [-0.39, 0.29) is 18.5 Å². The number of aliphatic hydroxyl groups excluding tert-OH is 2. The van der Waals surface area contributed by atoms with Crippen molar-refractivity contribution in [1.29, 1.82) is 0 Å². The highest BCUT2D eigenvalue weighted by Gasteiger charge is 2.20. The van der Waals surface area contributed by atoms with Crippen LogP contribution in [0.5, 0.6) is 0 Å². The number of ether oxygens (including phenoxy) is 1. The number of unbranched alkanes of at least 4 members (excludes halogenated alkanes) is 46. The molecule has 1 amide bonds. The van der Waals surface area contributed by atoms with E-state index in [9.17, 15) is 19.8 Å². The van der Waals surface area contributed by atoms with Crippen molar-refractivity contribution < 1.29 is 24.5 Å². The Hall–Kier alpha value is -1.66. The van der Waals surface area contributed by atoms with Crippen molar-refractivity contribution in [2.75, 3.05) is 13.2 Å². The van der Waals surface area contributed by atoms with Gasteiger partial charge in [0.1, 0.15) is 0 Å². The average molecular weight is 1010 g/mol. The van der Waals surface area contributed by atoms with Gasteiger partial charge in [-0.1, -0.05) is 314 Å². The van der Waals surface area contributed by atoms with E-state index in [1.807, 2.05) is 0 Å². The highest BCUT2D eigenvalue weighted by Crippen LogP contribution is 2.18. The van der Waals surface area contributed by atoms with Crippen LogP contribution in [0.15, 0.2) is 24.3 Å². The molecule has 0 fully saturated rings. The van der Waals surface area contributed by atoms with E-state index in [0.717, 1.165) is 44.9 Å². The second kappa shape index (κ2) is 61.9. The zero-order chi connectivity index (χ0) is 52.2. The second-order valence-electron chi connectivity index (χ2n) is 22.5. The Morgan fingerprint density at radius 3 is 1.06 bits per heavy atom. The number of carbonyl (C=O) groups excluding carboxylic acids is 2. The van der Waals surface area contributed by atoms with Gasteiger partial charge in [-0.05, 0) is 57.8 Å². The fourth-order valence-electron chi connectivity index (χ4n) is 10.3. The summed E-state index contributed by atoms with van der Waals surface area (Å²) >= 11 is 0. The Bertz CT molecular complexity index is 1120. The van der Waals surface area contributed by atoms with E-state index in [1.54, 1.807) is 0 Å². The summed E-state index contributed by atoms with van der Waals surface area (Å²) in [7, 11) is 0. The molecule has 0 spiro atoms. The van der Waals surface area contributed by atoms with Crippen LogP contribution >= 0.6 is 0 Å². The van der Waals surface area contributed by atoms with Crippen LogP contribution in [-0.2, 0) is 14.3 Å². The molecule has 0 aliphatic carbocycles. The zero-order valence-corrected chi connectivity index (χ0v) is 48.7. The molecule has 0 aromatic carbocycles. The molecule has 0 aliphatic heterocycles. The molecule has 0 heterocycles. The Kier molecular flexibility index (Phi) is 60.5. The molecule has 0 aromatic rings. The third-order valence-electron chi connectivity index (χ3n) is 15.3. The fourth-order valence-corrected chi connectivity index (χ4v) is 10.3. The lowest BCUT2D eigenvalue weighted by molar-refractivity contribution is -0.143. The van der Waals surface area contributed by atoms with Gasteiger partial charge < -0.3 is 20.3 Å². The molecule has 0 bridgehead atoms. The van der Waals surface area contributed by atoms with E-state index in [4.69, 9.17) is 4.74 Å². The minimum absolute atomic E-state index is 0.0132. The summed E-state index contributed by atoms with van der Waals surface area (Å²) in [5.74, 6) is -0.0196. The lowest BCUT2D eigenvalue weighted by Gasteiger charge is -2.22. The lowest BCUT2D eigenvalue weighted by Crippen LogP contribution is -2.45. The molecule has 2 unspecified atom stereocenters. The van der Waals surface area contributed by atoms with Crippen LogP contribution in [0.2, 0.25) is 0 Å². The lowest BCUT2D eigenvalue weighted by atomic mass is 10.0. The van der Waals surface area contributed by atoms with Gasteiger partial charge in [-0.2, -0.15) is 0 Å². The van der Waals surface area contributed by atoms with Gasteiger partial charge in [-0.25, -0.2) is 0 Å². The third kappa shape index (κ3) is 57.6. The predicted octanol–water partition coefficient (Wildman–Crippen LogP) is 20.6. The molecule has 0 radical (unpaired) electrons. The van der Waals surface area contributed by atoms with Gasteiger partial charge in [-0.3, -0.25) is 9.59 Å². The number of hydrogen-bond acceptors (Lipinski definition) is 5. The minimum atomic E-state index is -0.662. The van der Waals surface area contributed by atoms with Crippen LogP contribution in [0, 0.1) is 0 Å². The van der Waals surface area contributed by atoms with Crippen LogP contribution in [0.3, 0.4) is 0 Å². The first-order valence-electron chi connectivity index (χ1n) is 32.6. The van der Waals surface area contributed by atoms with Crippen LogP contribution in [-0.4, -0.2) is 47.4 Å². The number of allylic oxidation sites excluding steroid dienone is 4. The fraction of sp³-hybridized carbons (Fsp3) is 0.909. The van der Waals surface area contributed by atoms with Crippen LogP contribution < -0.4 is 5.32 Å². The molecule has 0 rings (SSSR count). The maximum absolute atomic E-state index is 12.5.